The van der Waals surface area contributed by atoms with Crippen molar-refractivity contribution in [1.82, 2.24) is 20.5 Å². The lowest BCUT2D eigenvalue weighted by Gasteiger charge is -2.12. The summed E-state index contributed by atoms with van der Waals surface area (Å²) in [6, 6.07) is 15.4. The quantitative estimate of drug-likeness (QED) is 0.520. The number of carbonyl (C=O) groups excluding carboxylic acids is 1. The third-order valence-electron chi connectivity index (χ3n) is 5.75. The second-order valence-electron chi connectivity index (χ2n) is 8.14. The fourth-order valence-electron chi connectivity index (χ4n) is 3.93. The Labute approximate surface area is 192 Å². The summed E-state index contributed by atoms with van der Waals surface area (Å²) in [6.45, 7) is 0.413. The number of H-pyrrole nitrogens is 1. The molecular formula is C25H28N4O4. The molecule has 3 aromatic rings. The number of carbonyl (C=O) groups is 1. The molecule has 33 heavy (non-hydrogen) atoms. The molecule has 1 aliphatic rings. The highest BCUT2D eigenvalue weighted by atomic mass is 16.5. The lowest BCUT2D eigenvalue weighted by Crippen LogP contribution is -2.33. The van der Waals surface area contributed by atoms with Crippen LogP contribution in [0.1, 0.15) is 43.4 Å². The van der Waals surface area contributed by atoms with Gasteiger partial charge in [-0.1, -0.05) is 43.2 Å². The van der Waals surface area contributed by atoms with Crippen molar-refractivity contribution < 1.29 is 14.3 Å². The van der Waals surface area contributed by atoms with Gasteiger partial charge in [-0.3, -0.25) is 9.59 Å². The maximum absolute atomic E-state index is 12.5. The van der Waals surface area contributed by atoms with Crippen LogP contribution in [0.25, 0.3) is 11.4 Å². The molecule has 0 radical (unpaired) electrons. The summed E-state index contributed by atoms with van der Waals surface area (Å²) in [6.07, 6.45) is 4.83. The third kappa shape index (κ3) is 5.97. The number of nitrogens with one attached hydrogen (secondary N) is 2. The standard InChI is InChI=1S/C25H28N4O4/c1-32-22-15-18(11-13-21(22)33-16-17-7-3-2-4-8-17)24-27-25(31)20(28-29-24)12-14-23(30)26-19-9-5-6-10-19/h2-4,7-8,11,13,15,19H,5-6,9-10,12,14,16H2,1H3,(H,26,30)(H,27,29,31). The molecular weight excluding hydrogens is 420 g/mol. The molecule has 1 heterocycles. The van der Waals surface area contributed by atoms with E-state index in [0.717, 1.165) is 31.2 Å². The second kappa shape index (κ2) is 10.8. The normalized spacial score (nSPS) is 13.6. The molecule has 0 atom stereocenters. The van der Waals surface area contributed by atoms with Crippen molar-refractivity contribution in [2.45, 2.75) is 51.2 Å². The van der Waals surface area contributed by atoms with Crippen molar-refractivity contribution in [2.75, 3.05) is 7.11 Å². The molecule has 0 spiro atoms. The first kappa shape index (κ1) is 22.5. The molecule has 1 fully saturated rings. The third-order valence-corrected chi connectivity index (χ3v) is 5.75. The van der Waals surface area contributed by atoms with Gasteiger partial charge in [-0.25, -0.2) is 0 Å². The topological polar surface area (TPSA) is 106 Å². The fourth-order valence-corrected chi connectivity index (χ4v) is 3.93. The Kier molecular flexibility index (Phi) is 7.34. The van der Waals surface area contributed by atoms with Crippen LogP contribution in [0.2, 0.25) is 0 Å². The lowest BCUT2D eigenvalue weighted by atomic mass is 10.1. The average molecular weight is 449 g/mol. The lowest BCUT2D eigenvalue weighted by molar-refractivity contribution is -0.121. The summed E-state index contributed by atoms with van der Waals surface area (Å²) in [5, 5.41) is 11.2. The average Bonchev–Trinajstić information content (AvgIpc) is 3.35. The summed E-state index contributed by atoms with van der Waals surface area (Å²) >= 11 is 0. The molecule has 1 aromatic heterocycles. The number of rotatable bonds is 9. The van der Waals surface area contributed by atoms with Gasteiger partial charge in [-0.15, -0.1) is 10.2 Å². The Bertz CT molecular complexity index is 1140. The Morgan fingerprint density at radius 1 is 1.09 bits per heavy atom. The summed E-state index contributed by atoms with van der Waals surface area (Å²) in [5.74, 6) is 1.39. The maximum Gasteiger partial charge on any atom is 0.273 e. The minimum atomic E-state index is -0.350. The van der Waals surface area contributed by atoms with Gasteiger partial charge in [0.15, 0.2) is 17.3 Å². The summed E-state index contributed by atoms with van der Waals surface area (Å²) in [4.78, 5) is 27.4. The Morgan fingerprint density at radius 2 is 1.88 bits per heavy atom. The highest BCUT2D eigenvalue weighted by molar-refractivity contribution is 5.76. The molecule has 1 aliphatic carbocycles. The van der Waals surface area contributed by atoms with E-state index in [1.165, 1.54) is 0 Å². The molecule has 4 rings (SSSR count). The predicted molar refractivity (Wildman–Crippen MR) is 124 cm³/mol. The Balaban J connectivity index is 1.40. The van der Waals surface area contributed by atoms with Crippen LogP contribution in [0.4, 0.5) is 0 Å². The van der Waals surface area contributed by atoms with Gasteiger partial charge in [-0.05, 0) is 36.6 Å². The molecule has 172 valence electrons. The smallest absolute Gasteiger partial charge is 0.273 e. The van der Waals surface area contributed by atoms with E-state index in [4.69, 9.17) is 9.47 Å². The zero-order chi connectivity index (χ0) is 23.0. The molecule has 0 unspecified atom stereocenters. The number of ether oxygens (including phenoxy) is 2. The molecule has 2 N–H and O–H groups in total. The molecule has 0 aliphatic heterocycles. The van der Waals surface area contributed by atoms with Gasteiger partial charge >= 0.3 is 0 Å². The highest BCUT2D eigenvalue weighted by Gasteiger charge is 2.18. The summed E-state index contributed by atoms with van der Waals surface area (Å²) in [5.41, 5.74) is 1.59. The maximum atomic E-state index is 12.5. The number of hydrogen-bond donors (Lipinski definition) is 2. The minimum absolute atomic E-state index is 0.0528. The number of nitrogens with zero attached hydrogens (tertiary/aromatic N) is 2. The van der Waals surface area contributed by atoms with Crippen molar-refractivity contribution >= 4 is 5.91 Å². The SMILES string of the molecule is COc1cc(-c2nnc(CCC(=O)NC3CCCC3)c(=O)[nH]2)ccc1OCc1ccccc1. The molecule has 0 saturated heterocycles. The molecule has 1 amide bonds. The van der Waals surface area contributed by atoms with Gasteiger partial charge in [0.25, 0.3) is 5.56 Å². The van der Waals surface area contributed by atoms with Crippen LogP contribution in [0.5, 0.6) is 11.5 Å². The van der Waals surface area contributed by atoms with E-state index in [2.05, 4.69) is 20.5 Å². The van der Waals surface area contributed by atoms with Gasteiger partial charge in [0.1, 0.15) is 12.3 Å². The van der Waals surface area contributed by atoms with Crippen LogP contribution in [0.15, 0.2) is 53.3 Å². The monoisotopic (exact) mass is 448 g/mol. The van der Waals surface area contributed by atoms with Crippen molar-refractivity contribution in [3.8, 4) is 22.9 Å². The summed E-state index contributed by atoms with van der Waals surface area (Å²) in [7, 11) is 1.56. The van der Waals surface area contributed by atoms with E-state index >= 15 is 0 Å². The van der Waals surface area contributed by atoms with Crippen LogP contribution in [-0.2, 0) is 17.8 Å². The number of methoxy groups -OCH3 is 1. The first-order valence-electron chi connectivity index (χ1n) is 11.2. The van der Waals surface area contributed by atoms with Crippen LogP contribution in [0.3, 0.4) is 0 Å². The van der Waals surface area contributed by atoms with Crippen LogP contribution in [0, 0.1) is 0 Å². The van der Waals surface area contributed by atoms with Crippen LogP contribution >= 0.6 is 0 Å². The summed E-state index contributed by atoms with van der Waals surface area (Å²) < 4.78 is 11.3. The zero-order valence-electron chi connectivity index (χ0n) is 18.7. The van der Waals surface area contributed by atoms with E-state index in [0.29, 0.717) is 29.5 Å². The van der Waals surface area contributed by atoms with E-state index in [1.807, 2.05) is 30.3 Å². The second-order valence-corrected chi connectivity index (χ2v) is 8.14. The fraction of sp³-hybridized carbons (Fsp3) is 0.360. The van der Waals surface area contributed by atoms with Crippen molar-refractivity contribution in [3.05, 3.63) is 70.1 Å². The van der Waals surface area contributed by atoms with Crippen LogP contribution in [-0.4, -0.2) is 34.2 Å². The van der Waals surface area contributed by atoms with E-state index in [-0.39, 0.29) is 36.0 Å². The van der Waals surface area contributed by atoms with Crippen molar-refractivity contribution in [1.29, 1.82) is 0 Å². The number of hydrogen-bond acceptors (Lipinski definition) is 6. The number of aromatic amines is 1. The van der Waals surface area contributed by atoms with Gasteiger partial charge in [0, 0.05) is 24.4 Å². The molecule has 8 nitrogen and oxygen atoms in total. The van der Waals surface area contributed by atoms with Crippen molar-refractivity contribution in [2.24, 2.45) is 0 Å². The van der Waals surface area contributed by atoms with Gasteiger partial charge in [0.05, 0.1) is 7.11 Å². The van der Waals surface area contributed by atoms with Crippen LogP contribution < -0.4 is 20.3 Å². The van der Waals surface area contributed by atoms with Crippen molar-refractivity contribution in [3.63, 3.8) is 0 Å². The highest BCUT2D eigenvalue weighted by Crippen LogP contribution is 2.31. The number of aryl methyl sites for hydroxylation is 1. The first-order valence-corrected chi connectivity index (χ1v) is 11.2. The zero-order valence-corrected chi connectivity index (χ0v) is 18.7. The molecule has 0 bridgehead atoms. The number of aromatic nitrogens is 3. The molecule has 2 aromatic carbocycles. The number of benzene rings is 2. The van der Waals surface area contributed by atoms with Gasteiger partial charge < -0.3 is 19.8 Å². The van der Waals surface area contributed by atoms with E-state index < -0.39 is 0 Å². The minimum Gasteiger partial charge on any atom is -0.493 e. The molecule has 1 saturated carbocycles. The van der Waals surface area contributed by atoms with E-state index in [9.17, 15) is 9.59 Å². The predicted octanol–water partition coefficient (Wildman–Crippen LogP) is 3.41. The Hall–Kier alpha value is -3.68. The van der Waals surface area contributed by atoms with E-state index in [1.54, 1.807) is 25.3 Å². The van der Waals surface area contributed by atoms with Gasteiger partial charge in [0.2, 0.25) is 5.91 Å². The van der Waals surface area contributed by atoms with Gasteiger partial charge in [-0.2, -0.15) is 0 Å². The first-order chi connectivity index (χ1) is 16.1. The Morgan fingerprint density at radius 3 is 2.61 bits per heavy atom. The number of amides is 1. The largest absolute Gasteiger partial charge is 0.493 e. The molecule has 8 heteroatoms.